The van der Waals surface area contributed by atoms with Gasteiger partial charge in [-0.3, -0.25) is 19.2 Å². The fraction of sp³-hybridized carbons (Fsp3) is 0.579. The number of carboxylic acid groups (broad SMARTS) is 1. The molecule has 0 aliphatic carbocycles. The van der Waals surface area contributed by atoms with Crippen LogP contribution in [-0.2, 0) is 30.4 Å². The van der Waals surface area contributed by atoms with Crippen LogP contribution in [0.4, 0.5) is 0 Å². The number of amides is 4. The van der Waals surface area contributed by atoms with Crippen molar-refractivity contribution in [1.82, 2.24) is 25.9 Å². The van der Waals surface area contributed by atoms with Crippen molar-refractivity contribution >= 4 is 29.6 Å². The number of aromatic amines is 1. The van der Waals surface area contributed by atoms with Crippen molar-refractivity contribution in [3.8, 4) is 0 Å². The molecule has 0 bridgehead atoms. The summed E-state index contributed by atoms with van der Waals surface area (Å²) in [5.74, 6) is -4.82. The van der Waals surface area contributed by atoms with Gasteiger partial charge in [0.25, 0.3) is 0 Å². The van der Waals surface area contributed by atoms with Gasteiger partial charge in [-0.2, -0.15) is 0 Å². The molecule has 4 amide bonds. The third-order valence-corrected chi connectivity index (χ3v) is 4.84. The van der Waals surface area contributed by atoms with E-state index < -0.39 is 66.1 Å². The molecule has 1 heterocycles. The molecule has 0 fully saturated rings. The maximum absolute atomic E-state index is 12.9. The van der Waals surface area contributed by atoms with Crippen LogP contribution in [0.3, 0.4) is 0 Å². The highest BCUT2D eigenvalue weighted by molar-refractivity contribution is 5.96. The third-order valence-electron chi connectivity index (χ3n) is 4.84. The zero-order valence-electron chi connectivity index (χ0n) is 18.3. The maximum Gasteiger partial charge on any atom is 0.326 e. The maximum atomic E-state index is 12.9. The summed E-state index contributed by atoms with van der Waals surface area (Å²) < 4.78 is 0. The van der Waals surface area contributed by atoms with Gasteiger partial charge in [0, 0.05) is 18.3 Å². The molecular formula is C19H31N7O6. The summed E-state index contributed by atoms with van der Waals surface area (Å²) in [6.07, 6.45) is 2.75. The Morgan fingerprint density at radius 3 is 2.12 bits per heavy atom. The normalized spacial score (nSPS) is 15.5. The Balaban J connectivity index is 3.04. The Bertz CT molecular complexity index is 811. The van der Waals surface area contributed by atoms with Gasteiger partial charge in [-0.1, -0.05) is 20.3 Å². The fourth-order valence-corrected chi connectivity index (χ4v) is 2.75. The molecule has 1 aromatic rings. The first kappa shape index (κ1) is 26.6. The average molecular weight is 454 g/mol. The molecule has 0 spiro atoms. The van der Waals surface area contributed by atoms with Crippen LogP contribution in [0.5, 0.6) is 0 Å². The lowest BCUT2D eigenvalue weighted by molar-refractivity contribution is -0.144. The number of H-pyrrole nitrogens is 1. The summed E-state index contributed by atoms with van der Waals surface area (Å²) >= 11 is 0. The lowest BCUT2D eigenvalue weighted by Gasteiger charge is -2.25. The number of nitrogens with zero attached hydrogens (tertiary/aromatic N) is 1. The first-order chi connectivity index (χ1) is 15.0. The SMILES string of the molecule is CCC(C)C(NC(=O)C(CC(N)=O)NC(=O)C(Cc1cnc[nH]1)NC(=O)C(C)N)C(=O)O. The van der Waals surface area contributed by atoms with Crippen molar-refractivity contribution in [2.24, 2.45) is 17.4 Å². The van der Waals surface area contributed by atoms with E-state index in [-0.39, 0.29) is 6.42 Å². The number of rotatable bonds is 13. The molecule has 1 rings (SSSR count). The quantitative estimate of drug-likeness (QED) is 0.172. The molecule has 0 aromatic carbocycles. The Morgan fingerprint density at radius 2 is 1.66 bits per heavy atom. The zero-order chi connectivity index (χ0) is 24.4. The highest BCUT2D eigenvalue weighted by Crippen LogP contribution is 2.09. The van der Waals surface area contributed by atoms with Gasteiger partial charge in [0.2, 0.25) is 23.6 Å². The van der Waals surface area contributed by atoms with Crippen LogP contribution >= 0.6 is 0 Å². The van der Waals surface area contributed by atoms with Gasteiger partial charge in [-0.05, 0) is 12.8 Å². The van der Waals surface area contributed by atoms with Crippen molar-refractivity contribution in [2.45, 2.75) is 64.2 Å². The standard InChI is InChI=1S/C19H31N7O6/c1-4-9(2)15(19(31)32)26-18(30)13(6-14(21)27)25-17(29)12(24-16(28)10(3)20)5-11-7-22-8-23-11/h7-10,12-13,15H,4-6,20H2,1-3H3,(H2,21,27)(H,22,23)(H,24,28)(H,25,29)(H,26,30)(H,31,32). The van der Waals surface area contributed by atoms with E-state index in [0.29, 0.717) is 12.1 Å². The molecule has 13 heteroatoms. The van der Waals surface area contributed by atoms with Crippen LogP contribution < -0.4 is 27.4 Å². The highest BCUT2D eigenvalue weighted by Gasteiger charge is 2.32. The number of carbonyl (C=O) groups is 5. The van der Waals surface area contributed by atoms with E-state index in [4.69, 9.17) is 11.5 Å². The van der Waals surface area contributed by atoms with E-state index in [1.54, 1.807) is 13.8 Å². The number of aromatic nitrogens is 2. The second-order valence-corrected chi connectivity index (χ2v) is 7.57. The molecule has 1 aromatic heterocycles. The average Bonchev–Trinajstić information content (AvgIpc) is 3.22. The van der Waals surface area contributed by atoms with Crippen LogP contribution in [-0.4, -0.2) is 68.8 Å². The Hall–Kier alpha value is -3.48. The van der Waals surface area contributed by atoms with Gasteiger partial charge < -0.3 is 37.5 Å². The second-order valence-electron chi connectivity index (χ2n) is 7.57. The van der Waals surface area contributed by atoms with Gasteiger partial charge >= 0.3 is 5.97 Å². The molecule has 0 saturated carbocycles. The molecule has 0 radical (unpaired) electrons. The number of primary amides is 1. The number of hydrogen-bond acceptors (Lipinski definition) is 7. The minimum Gasteiger partial charge on any atom is -0.480 e. The molecule has 0 aliphatic heterocycles. The summed E-state index contributed by atoms with van der Waals surface area (Å²) in [6, 6.07) is -4.72. The fourth-order valence-electron chi connectivity index (χ4n) is 2.75. The second kappa shape index (κ2) is 12.4. The number of hydrogen-bond donors (Lipinski definition) is 7. The number of carboxylic acids is 1. The van der Waals surface area contributed by atoms with Gasteiger partial charge in [0.05, 0.1) is 18.8 Å². The van der Waals surface area contributed by atoms with Crippen molar-refractivity contribution in [2.75, 3.05) is 0 Å². The molecule has 5 atom stereocenters. The number of aliphatic carboxylic acids is 1. The van der Waals surface area contributed by atoms with Gasteiger partial charge in [0.1, 0.15) is 18.1 Å². The molecule has 0 aliphatic rings. The first-order valence-electron chi connectivity index (χ1n) is 10.1. The van der Waals surface area contributed by atoms with Gasteiger partial charge in [-0.15, -0.1) is 0 Å². The largest absolute Gasteiger partial charge is 0.480 e. The summed E-state index contributed by atoms with van der Waals surface area (Å²) in [5.41, 5.74) is 11.3. The number of nitrogens with one attached hydrogen (secondary N) is 4. The summed E-state index contributed by atoms with van der Waals surface area (Å²) in [7, 11) is 0. The molecule has 178 valence electrons. The molecular weight excluding hydrogens is 422 g/mol. The van der Waals surface area contributed by atoms with E-state index in [1.165, 1.54) is 19.4 Å². The topological polar surface area (TPSA) is 222 Å². The van der Waals surface area contributed by atoms with Crippen molar-refractivity contribution in [1.29, 1.82) is 0 Å². The lowest BCUT2D eigenvalue weighted by atomic mass is 9.98. The van der Waals surface area contributed by atoms with Crippen LogP contribution in [0.15, 0.2) is 12.5 Å². The molecule has 0 saturated heterocycles. The first-order valence-corrected chi connectivity index (χ1v) is 10.1. The van der Waals surface area contributed by atoms with Crippen LogP contribution in [0.25, 0.3) is 0 Å². The number of nitrogens with two attached hydrogens (primary N) is 2. The Kier molecular flexibility index (Phi) is 10.3. The van der Waals surface area contributed by atoms with Crippen molar-refractivity contribution < 1.29 is 29.1 Å². The van der Waals surface area contributed by atoms with Crippen LogP contribution in [0, 0.1) is 5.92 Å². The lowest BCUT2D eigenvalue weighted by Crippen LogP contribution is -2.58. The Morgan fingerprint density at radius 1 is 1.06 bits per heavy atom. The number of imidazole rings is 1. The van der Waals surface area contributed by atoms with Crippen LogP contribution in [0.2, 0.25) is 0 Å². The zero-order valence-corrected chi connectivity index (χ0v) is 18.3. The van der Waals surface area contributed by atoms with E-state index >= 15 is 0 Å². The van der Waals surface area contributed by atoms with E-state index in [2.05, 4.69) is 25.9 Å². The molecule has 9 N–H and O–H groups in total. The molecule has 13 nitrogen and oxygen atoms in total. The summed E-state index contributed by atoms with van der Waals surface area (Å²) in [4.78, 5) is 67.3. The van der Waals surface area contributed by atoms with E-state index in [9.17, 15) is 29.1 Å². The summed E-state index contributed by atoms with van der Waals surface area (Å²) in [5, 5.41) is 16.6. The Labute approximate surface area is 185 Å². The van der Waals surface area contributed by atoms with Gasteiger partial charge in [-0.25, -0.2) is 9.78 Å². The third kappa shape index (κ3) is 8.34. The van der Waals surface area contributed by atoms with Crippen molar-refractivity contribution in [3.05, 3.63) is 18.2 Å². The molecule has 32 heavy (non-hydrogen) atoms. The van der Waals surface area contributed by atoms with Crippen molar-refractivity contribution in [3.63, 3.8) is 0 Å². The number of carbonyl (C=O) groups excluding carboxylic acids is 4. The molecule has 5 unspecified atom stereocenters. The van der Waals surface area contributed by atoms with E-state index in [1.807, 2.05) is 0 Å². The van der Waals surface area contributed by atoms with Crippen LogP contribution in [0.1, 0.15) is 39.3 Å². The smallest absolute Gasteiger partial charge is 0.326 e. The van der Waals surface area contributed by atoms with E-state index in [0.717, 1.165) is 0 Å². The minimum atomic E-state index is -1.44. The summed E-state index contributed by atoms with van der Waals surface area (Å²) in [6.45, 7) is 4.84. The minimum absolute atomic E-state index is 0.000175. The highest BCUT2D eigenvalue weighted by atomic mass is 16.4. The van der Waals surface area contributed by atoms with Gasteiger partial charge in [0.15, 0.2) is 0 Å². The monoisotopic (exact) mass is 453 g/mol. The predicted octanol–water partition coefficient (Wildman–Crippen LogP) is -2.24. The predicted molar refractivity (Wildman–Crippen MR) is 113 cm³/mol.